The van der Waals surface area contributed by atoms with E-state index in [9.17, 15) is 4.79 Å². The number of thiazole rings is 1. The number of benzene rings is 1. The van der Waals surface area contributed by atoms with Gasteiger partial charge in [0, 0.05) is 23.0 Å². The van der Waals surface area contributed by atoms with E-state index in [-0.39, 0.29) is 6.42 Å². The summed E-state index contributed by atoms with van der Waals surface area (Å²) in [5.74, 6) is -0.805. The Balaban J connectivity index is 2.18. The number of hydrogen-bond donors (Lipinski definition) is 1. The van der Waals surface area contributed by atoms with Crippen LogP contribution in [0.3, 0.4) is 0 Å². The van der Waals surface area contributed by atoms with Crippen LogP contribution in [0.15, 0.2) is 24.3 Å². The first-order chi connectivity index (χ1) is 9.95. The highest BCUT2D eigenvalue weighted by Gasteiger charge is 2.14. The standard InChI is InChI=1S/C15H17ClN2O2S/c1-10-11(2)21-15(17-10)18(8-7-14(19)20)9-12-3-5-13(16)6-4-12/h3-6H,7-9H2,1-2H3,(H,19,20). The molecule has 2 rings (SSSR count). The SMILES string of the molecule is Cc1nc(N(CCC(=O)O)Cc2ccc(Cl)cc2)sc1C. The third-order valence-electron chi connectivity index (χ3n) is 3.17. The Bertz CT molecular complexity index is 606. The van der Waals surface area contributed by atoms with Gasteiger partial charge >= 0.3 is 5.97 Å². The summed E-state index contributed by atoms with van der Waals surface area (Å²) in [6.07, 6.45) is 0.0886. The number of carbonyl (C=O) groups is 1. The number of aliphatic carboxylic acids is 1. The molecular formula is C15H17ClN2O2S. The number of halogens is 1. The zero-order chi connectivity index (χ0) is 15.4. The second kappa shape index (κ2) is 6.91. The summed E-state index contributed by atoms with van der Waals surface area (Å²) >= 11 is 7.48. The summed E-state index contributed by atoms with van der Waals surface area (Å²) in [7, 11) is 0. The Morgan fingerprint density at radius 2 is 2.00 bits per heavy atom. The Kier molecular flexibility index (Phi) is 5.20. The second-order valence-corrected chi connectivity index (χ2v) is 6.45. The Hall–Kier alpha value is -1.59. The first-order valence-corrected chi connectivity index (χ1v) is 7.80. The van der Waals surface area contributed by atoms with Gasteiger partial charge in [-0.15, -0.1) is 11.3 Å². The molecule has 0 saturated carbocycles. The molecule has 0 aliphatic rings. The van der Waals surface area contributed by atoms with E-state index in [4.69, 9.17) is 16.7 Å². The summed E-state index contributed by atoms with van der Waals surface area (Å²) in [4.78, 5) is 18.5. The summed E-state index contributed by atoms with van der Waals surface area (Å²) in [5, 5.41) is 10.5. The normalized spacial score (nSPS) is 10.6. The van der Waals surface area contributed by atoms with E-state index in [1.54, 1.807) is 11.3 Å². The van der Waals surface area contributed by atoms with Crippen LogP contribution >= 0.6 is 22.9 Å². The van der Waals surface area contributed by atoms with Crippen molar-refractivity contribution in [2.24, 2.45) is 0 Å². The third-order valence-corrected chi connectivity index (χ3v) is 4.56. The minimum atomic E-state index is -0.805. The predicted octanol–water partition coefficient (Wildman–Crippen LogP) is 3.89. The average molecular weight is 325 g/mol. The van der Waals surface area contributed by atoms with Crippen molar-refractivity contribution in [3.05, 3.63) is 45.4 Å². The van der Waals surface area contributed by atoms with Gasteiger partial charge in [-0.1, -0.05) is 23.7 Å². The van der Waals surface area contributed by atoms with E-state index in [2.05, 4.69) is 4.98 Å². The monoisotopic (exact) mass is 324 g/mol. The van der Waals surface area contributed by atoms with Crippen LogP contribution in [0.1, 0.15) is 22.6 Å². The van der Waals surface area contributed by atoms with Gasteiger partial charge in [0.15, 0.2) is 5.13 Å². The van der Waals surface area contributed by atoms with Gasteiger partial charge in [-0.3, -0.25) is 4.79 Å². The molecule has 0 saturated heterocycles. The van der Waals surface area contributed by atoms with Crippen molar-refractivity contribution in [1.82, 2.24) is 4.98 Å². The molecule has 1 aromatic heterocycles. The van der Waals surface area contributed by atoms with Crippen molar-refractivity contribution in [2.45, 2.75) is 26.8 Å². The maximum Gasteiger partial charge on any atom is 0.305 e. The lowest BCUT2D eigenvalue weighted by Crippen LogP contribution is -2.25. The van der Waals surface area contributed by atoms with Crippen molar-refractivity contribution in [1.29, 1.82) is 0 Å². The van der Waals surface area contributed by atoms with Crippen molar-refractivity contribution in [3.63, 3.8) is 0 Å². The predicted molar refractivity (Wildman–Crippen MR) is 86.3 cm³/mol. The molecule has 0 amide bonds. The smallest absolute Gasteiger partial charge is 0.305 e. The molecule has 0 aliphatic carbocycles. The molecule has 4 nitrogen and oxygen atoms in total. The van der Waals surface area contributed by atoms with Crippen molar-refractivity contribution >= 4 is 34.0 Å². The van der Waals surface area contributed by atoms with Gasteiger partial charge in [-0.25, -0.2) is 4.98 Å². The number of aryl methyl sites for hydroxylation is 2. The van der Waals surface area contributed by atoms with Crippen molar-refractivity contribution in [3.8, 4) is 0 Å². The number of anilines is 1. The number of carboxylic acid groups (broad SMARTS) is 1. The molecule has 112 valence electrons. The molecule has 0 aliphatic heterocycles. The highest BCUT2D eigenvalue weighted by Crippen LogP contribution is 2.27. The molecule has 1 heterocycles. The maximum atomic E-state index is 10.8. The largest absolute Gasteiger partial charge is 0.481 e. The van der Waals surface area contributed by atoms with Gasteiger partial charge in [0.2, 0.25) is 0 Å². The van der Waals surface area contributed by atoms with Crippen molar-refractivity contribution in [2.75, 3.05) is 11.4 Å². The van der Waals surface area contributed by atoms with Crippen LogP contribution in [-0.2, 0) is 11.3 Å². The molecule has 0 spiro atoms. The molecule has 2 aromatic rings. The Morgan fingerprint density at radius 3 is 2.52 bits per heavy atom. The quantitative estimate of drug-likeness (QED) is 0.875. The number of carboxylic acids is 1. The lowest BCUT2D eigenvalue weighted by molar-refractivity contribution is -0.136. The molecule has 0 atom stereocenters. The highest BCUT2D eigenvalue weighted by atomic mass is 35.5. The summed E-state index contributed by atoms with van der Waals surface area (Å²) in [6, 6.07) is 7.57. The molecule has 1 aromatic carbocycles. The van der Waals surface area contributed by atoms with Crippen LogP contribution in [0.4, 0.5) is 5.13 Å². The van der Waals surface area contributed by atoms with E-state index < -0.39 is 5.97 Å². The number of rotatable bonds is 6. The van der Waals surface area contributed by atoms with Crippen LogP contribution in [0, 0.1) is 13.8 Å². The van der Waals surface area contributed by atoms with Crippen LogP contribution < -0.4 is 4.90 Å². The van der Waals surface area contributed by atoms with Gasteiger partial charge in [0.05, 0.1) is 12.1 Å². The van der Waals surface area contributed by atoms with E-state index in [0.29, 0.717) is 18.1 Å². The molecule has 0 fully saturated rings. The van der Waals surface area contributed by atoms with Crippen LogP contribution in [0.25, 0.3) is 0 Å². The lowest BCUT2D eigenvalue weighted by Gasteiger charge is -2.21. The number of nitrogens with zero attached hydrogens (tertiary/aromatic N) is 2. The molecule has 6 heteroatoms. The lowest BCUT2D eigenvalue weighted by atomic mass is 10.2. The zero-order valence-electron chi connectivity index (χ0n) is 12.0. The maximum absolute atomic E-state index is 10.8. The summed E-state index contributed by atoms with van der Waals surface area (Å²) in [5.41, 5.74) is 2.07. The second-order valence-electron chi connectivity index (χ2n) is 4.83. The van der Waals surface area contributed by atoms with Gasteiger partial charge in [-0.05, 0) is 31.5 Å². The van der Waals surface area contributed by atoms with E-state index in [1.807, 2.05) is 43.0 Å². The van der Waals surface area contributed by atoms with Crippen LogP contribution in [-0.4, -0.2) is 22.6 Å². The first kappa shape index (κ1) is 15.8. The van der Waals surface area contributed by atoms with Gasteiger partial charge < -0.3 is 10.0 Å². The first-order valence-electron chi connectivity index (χ1n) is 6.61. The summed E-state index contributed by atoms with van der Waals surface area (Å²) < 4.78 is 0. The fraction of sp³-hybridized carbons (Fsp3) is 0.333. The number of hydrogen-bond acceptors (Lipinski definition) is 4. The Morgan fingerprint density at radius 1 is 1.33 bits per heavy atom. The zero-order valence-corrected chi connectivity index (χ0v) is 13.5. The highest BCUT2D eigenvalue weighted by molar-refractivity contribution is 7.15. The topological polar surface area (TPSA) is 53.4 Å². The molecule has 0 bridgehead atoms. The Labute approximate surface area is 133 Å². The minimum Gasteiger partial charge on any atom is -0.481 e. The van der Waals surface area contributed by atoms with Gasteiger partial charge in [0.25, 0.3) is 0 Å². The fourth-order valence-electron chi connectivity index (χ4n) is 1.87. The van der Waals surface area contributed by atoms with Crippen LogP contribution in [0.5, 0.6) is 0 Å². The van der Waals surface area contributed by atoms with E-state index in [1.165, 1.54) is 0 Å². The molecule has 21 heavy (non-hydrogen) atoms. The van der Waals surface area contributed by atoms with E-state index >= 15 is 0 Å². The summed E-state index contributed by atoms with van der Waals surface area (Å²) in [6.45, 7) is 5.04. The van der Waals surface area contributed by atoms with Crippen molar-refractivity contribution < 1.29 is 9.90 Å². The van der Waals surface area contributed by atoms with Gasteiger partial charge in [0.1, 0.15) is 0 Å². The number of aromatic nitrogens is 1. The minimum absolute atomic E-state index is 0.0886. The molecule has 0 radical (unpaired) electrons. The fourth-order valence-corrected chi connectivity index (χ4v) is 2.93. The average Bonchev–Trinajstić information content (AvgIpc) is 2.76. The van der Waals surface area contributed by atoms with E-state index in [0.717, 1.165) is 21.3 Å². The van der Waals surface area contributed by atoms with Crippen LogP contribution in [0.2, 0.25) is 5.02 Å². The van der Waals surface area contributed by atoms with Gasteiger partial charge in [-0.2, -0.15) is 0 Å². The molecule has 1 N–H and O–H groups in total. The molecular weight excluding hydrogens is 308 g/mol. The third kappa shape index (κ3) is 4.44. The molecule has 0 unspecified atom stereocenters.